The van der Waals surface area contributed by atoms with Gasteiger partial charge in [0.05, 0.1) is 6.20 Å². The number of aromatic nitrogens is 2. The van der Waals surface area contributed by atoms with Gasteiger partial charge in [-0.3, -0.25) is 9.58 Å². The zero-order valence-corrected chi connectivity index (χ0v) is 12.6. The van der Waals surface area contributed by atoms with Gasteiger partial charge in [-0.25, -0.2) is 0 Å². The van der Waals surface area contributed by atoms with Gasteiger partial charge in [-0.05, 0) is 46.7 Å². The van der Waals surface area contributed by atoms with Crippen molar-refractivity contribution in [3.63, 3.8) is 0 Å². The first-order valence-corrected chi connectivity index (χ1v) is 7.36. The summed E-state index contributed by atoms with van der Waals surface area (Å²) < 4.78 is 2.01. The Morgan fingerprint density at radius 3 is 2.53 bits per heavy atom. The van der Waals surface area contributed by atoms with Crippen LogP contribution in [0.2, 0.25) is 0 Å². The smallest absolute Gasteiger partial charge is 0.0530 e. The maximum Gasteiger partial charge on any atom is 0.0530 e. The predicted octanol–water partition coefficient (Wildman–Crippen LogP) is 1.44. The fourth-order valence-corrected chi connectivity index (χ4v) is 3.94. The van der Waals surface area contributed by atoms with Gasteiger partial charge in [0.15, 0.2) is 0 Å². The average Bonchev–Trinajstić information content (AvgIpc) is 2.81. The van der Waals surface area contributed by atoms with E-state index in [1.807, 2.05) is 11.7 Å². The summed E-state index contributed by atoms with van der Waals surface area (Å²) in [6.45, 7) is 9.19. The summed E-state index contributed by atoms with van der Waals surface area (Å²) in [5.41, 5.74) is 9.74. The highest BCUT2D eigenvalue weighted by Gasteiger charge is 2.49. The molecule has 19 heavy (non-hydrogen) atoms. The first kappa shape index (κ1) is 13.1. The van der Waals surface area contributed by atoms with Gasteiger partial charge in [0.1, 0.15) is 0 Å². The molecule has 0 saturated carbocycles. The third-order valence-corrected chi connectivity index (χ3v) is 5.33. The van der Waals surface area contributed by atoms with E-state index >= 15 is 0 Å². The van der Waals surface area contributed by atoms with E-state index < -0.39 is 0 Å². The van der Waals surface area contributed by atoms with E-state index in [-0.39, 0.29) is 17.0 Å². The Bertz CT molecular complexity index is 475. The summed E-state index contributed by atoms with van der Waals surface area (Å²) in [6.07, 6.45) is 5.39. The zero-order valence-electron chi connectivity index (χ0n) is 12.6. The molecule has 0 radical (unpaired) electrons. The number of rotatable bonds is 0. The lowest BCUT2D eigenvalue weighted by molar-refractivity contribution is 0.0688. The molecule has 2 aliphatic rings. The number of piperidine rings is 1. The molecule has 0 amide bonds. The topological polar surface area (TPSA) is 47.1 Å². The van der Waals surface area contributed by atoms with E-state index in [9.17, 15) is 0 Å². The molecular formula is C15H26N4. The van der Waals surface area contributed by atoms with E-state index in [2.05, 4.69) is 37.0 Å². The van der Waals surface area contributed by atoms with Crippen LogP contribution < -0.4 is 5.73 Å². The van der Waals surface area contributed by atoms with Crippen molar-refractivity contribution in [3.8, 4) is 0 Å². The second-order valence-electron chi connectivity index (χ2n) is 7.25. The highest BCUT2D eigenvalue weighted by Crippen LogP contribution is 2.46. The molecule has 3 rings (SSSR count). The lowest BCUT2D eigenvalue weighted by Gasteiger charge is -2.47. The van der Waals surface area contributed by atoms with Crippen molar-refractivity contribution in [1.29, 1.82) is 0 Å². The van der Waals surface area contributed by atoms with Crippen LogP contribution in [0.5, 0.6) is 0 Å². The number of hydrogen-bond acceptors (Lipinski definition) is 3. The maximum atomic E-state index is 6.50. The normalized spacial score (nSPS) is 26.9. The molecular weight excluding hydrogens is 236 g/mol. The molecule has 4 nitrogen and oxygen atoms in total. The molecule has 0 bridgehead atoms. The Morgan fingerprint density at radius 1 is 1.32 bits per heavy atom. The van der Waals surface area contributed by atoms with E-state index in [1.54, 1.807) is 0 Å². The van der Waals surface area contributed by atoms with Gasteiger partial charge in [0.25, 0.3) is 0 Å². The van der Waals surface area contributed by atoms with Gasteiger partial charge >= 0.3 is 0 Å². The molecule has 106 valence electrons. The van der Waals surface area contributed by atoms with Crippen LogP contribution in [0.4, 0.5) is 0 Å². The molecule has 1 atom stereocenters. The van der Waals surface area contributed by atoms with Gasteiger partial charge in [0.2, 0.25) is 0 Å². The molecule has 2 N–H and O–H groups in total. The molecule has 1 spiro atoms. The quantitative estimate of drug-likeness (QED) is 0.769. The van der Waals surface area contributed by atoms with Crippen molar-refractivity contribution >= 4 is 0 Å². The van der Waals surface area contributed by atoms with Gasteiger partial charge < -0.3 is 5.73 Å². The molecule has 1 saturated heterocycles. The minimum absolute atomic E-state index is 0.186. The summed E-state index contributed by atoms with van der Waals surface area (Å²) in [5, 5.41) is 4.44. The van der Waals surface area contributed by atoms with Crippen molar-refractivity contribution in [1.82, 2.24) is 14.7 Å². The van der Waals surface area contributed by atoms with Crippen molar-refractivity contribution in [2.75, 3.05) is 13.1 Å². The van der Waals surface area contributed by atoms with E-state index in [0.29, 0.717) is 0 Å². The maximum absolute atomic E-state index is 6.50. The molecule has 1 aliphatic carbocycles. The monoisotopic (exact) mass is 262 g/mol. The standard InChI is InChI=1S/C15H26N4/c1-14(2,3)19-7-5-15(6-8-19)11-10-17-18(4)12(11)9-13(15)16/h10,13H,5-9,16H2,1-4H3/t13-/m1/s1. The van der Waals surface area contributed by atoms with E-state index in [4.69, 9.17) is 5.73 Å². The Balaban J connectivity index is 1.87. The van der Waals surface area contributed by atoms with Gasteiger partial charge in [-0.1, -0.05) is 0 Å². The number of nitrogens with two attached hydrogens (primary N) is 1. The molecule has 1 aromatic heterocycles. The molecule has 1 aromatic rings. The van der Waals surface area contributed by atoms with Crippen LogP contribution in [-0.4, -0.2) is 39.4 Å². The van der Waals surface area contributed by atoms with E-state index in [1.165, 1.54) is 24.1 Å². The highest BCUT2D eigenvalue weighted by molar-refractivity contribution is 5.38. The minimum atomic E-state index is 0.186. The van der Waals surface area contributed by atoms with Crippen LogP contribution in [0, 0.1) is 0 Å². The van der Waals surface area contributed by atoms with Crippen LogP contribution in [0.25, 0.3) is 0 Å². The number of fused-ring (bicyclic) bond motifs is 2. The first-order valence-electron chi connectivity index (χ1n) is 7.36. The number of nitrogens with zero attached hydrogens (tertiary/aromatic N) is 3. The fourth-order valence-electron chi connectivity index (χ4n) is 3.94. The van der Waals surface area contributed by atoms with Crippen molar-refractivity contribution in [2.45, 2.75) is 57.0 Å². The molecule has 1 fully saturated rings. The third kappa shape index (κ3) is 1.84. The van der Waals surface area contributed by atoms with Crippen molar-refractivity contribution < 1.29 is 0 Å². The lowest BCUT2D eigenvalue weighted by atomic mass is 9.71. The van der Waals surface area contributed by atoms with Gasteiger partial charge in [-0.2, -0.15) is 5.10 Å². The second kappa shape index (κ2) is 4.06. The number of aryl methyl sites for hydroxylation is 1. The highest BCUT2D eigenvalue weighted by atomic mass is 15.3. The molecule has 0 aromatic carbocycles. The second-order valence-corrected chi connectivity index (χ2v) is 7.25. The summed E-state index contributed by atoms with van der Waals surface area (Å²) in [4.78, 5) is 2.58. The molecule has 2 heterocycles. The fraction of sp³-hybridized carbons (Fsp3) is 0.800. The summed E-state index contributed by atoms with van der Waals surface area (Å²) in [6, 6.07) is 0.272. The Morgan fingerprint density at radius 2 is 1.95 bits per heavy atom. The minimum Gasteiger partial charge on any atom is -0.327 e. The summed E-state index contributed by atoms with van der Waals surface area (Å²) in [7, 11) is 2.04. The largest absolute Gasteiger partial charge is 0.327 e. The SMILES string of the molecule is Cn1ncc2c1C[C@@H](N)C21CCN(C(C)(C)C)CC1. The Kier molecular flexibility index (Phi) is 2.81. The van der Waals surface area contributed by atoms with Crippen LogP contribution in [0.1, 0.15) is 44.9 Å². The molecule has 1 aliphatic heterocycles. The third-order valence-electron chi connectivity index (χ3n) is 5.33. The summed E-state index contributed by atoms with van der Waals surface area (Å²) in [5.74, 6) is 0. The average molecular weight is 262 g/mol. The zero-order chi connectivity index (χ0) is 13.8. The summed E-state index contributed by atoms with van der Waals surface area (Å²) >= 11 is 0. The van der Waals surface area contributed by atoms with Crippen molar-refractivity contribution in [3.05, 3.63) is 17.5 Å². The van der Waals surface area contributed by atoms with Crippen LogP contribution in [0.3, 0.4) is 0 Å². The number of likely N-dealkylation sites (tertiary alicyclic amines) is 1. The first-order chi connectivity index (χ1) is 8.84. The van der Waals surface area contributed by atoms with Gasteiger partial charge in [-0.15, -0.1) is 0 Å². The predicted molar refractivity (Wildman–Crippen MR) is 77.1 cm³/mol. The van der Waals surface area contributed by atoms with Crippen LogP contribution >= 0.6 is 0 Å². The Hall–Kier alpha value is -0.870. The molecule has 0 unspecified atom stereocenters. The Labute approximate surface area is 116 Å². The van der Waals surface area contributed by atoms with Gasteiger partial charge in [0, 0.05) is 41.7 Å². The van der Waals surface area contributed by atoms with Crippen molar-refractivity contribution in [2.24, 2.45) is 12.8 Å². The lowest BCUT2D eigenvalue weighted by Crippen LogP contribution is -2.54. The molecule has 4 heteroatoms. The van der Waals surface area contributed by atoms with E-state index in [0.717, 1.165) is 19.5 Å². The number of hydrogen-bond donors (Lipinski definition) is 1. The van der Waals surface area contributed by atoms with Crippen LogP contribution in [-0.2, 0) is 18.9 Å². The van der Waals surface area contributed by atoms with Crippen LogP contribution in [0.15, 0.2) is 6.20 Å².